The molecule has 0 amide bonds. The molecule has 0 aromatic heterocycles. The third kappa shape index (κ3) is 4.84. The third-order valence-electron chi connectivity index (χ3n) is 5.38. The first-order valence-corrected chi connectivity index (χ1v) is 11.1. The van der Waals surface area contributed by atoms with Gasteiger partial charge in [0.1, 0.15) is 6.04 Å². The van der Waals surface area contributed by atoms with E-state index >= 15 is 0 Å². The van der Waals surface area contributed by atoms with Crippen LogP contribution in [0.2, 0.25) is 0 Å². The van der Waals surface area contributed by atoms with E-state index in [0.29, 0.717) is 17.6 Å². The Morgan fingerprint density at radius 1 is 1.17 bits per heavy atom. The van der Waals surface area contributed by atoms with Gasteiger partial charge < -0.3 is 5.21 Å². The van der Waals surface area contributed by atoms with Gasteiger partial charge in [-0.2, -0.15) is 4.99 Å². The smallest absolute Gasteiger partial charge is 0.410 e. The summed E-state index contributed by atoms with van der Waals surface area (Å²) < 4.78 is 0. The predicted octanol–water partition coefficient (Wildman–Crippen LogP) is -1.38. The Morgan fingerprint density at radius 2 is 1.87 bits per heavy atom. The van der Waals surface area contributed by atoms with Crippen molar-refractivity contribution in [1.82, 2.24) is 5.32 Å². The highest BCUT2D eigenvalue weighted by molar-refractivity contribution is 8.82. The van der Waals surface area contributed by atoms with E-state index in [0.717, 1.165) is 25.7 Å². The minimum atomic E-state index is -0.624. The average molecular weight is 363 g/mol. The largest absolute Gasteiger partial charge is 0.600 e. The van der Waals surface area contributed by atoms with Crippen LogP contribution >= 0.6 is 21.6 Å². The van der Waals surface area contributed by atoms with Crippen molar-refractivity contribution in [3.05, 3.63) is 5.21 Å². The molecule has 3 atom stereocenters. The number of hydrogen-bond acceptors (Lipinski definition) is 5. The summed E-state index contributed by atoms with van der Waals surface area (Å²) in [6.45, 7) is 0. The van der Waals surface area contributed by atoms with E-state index in [1.54, 1.807) is 0 Å². The second-order valence-electron chi connectivity index (χ2n) is 7.10. The van der Waals surface area contributed by atoms with Crippen molar-refractivity contribution in [3.63, 3.8) is 0 Å². The van der Waals surface area contributed by atoms with Crippen LogP contribution in [-0.2, 0) is 0 Å². The van der Waals surface area contributed by atoms with Gasteiger partial charge in [-0.25, -0.2) is 15.3 Å². The number of amidine groups is 1. The molecule has 2 aliphatic carbocycles. The van der Waals surface area contributed by atoms with E-state index < -0.39 is 5.23 Å². The van der Waals surface area contributed by atoms with Crippen LogP contribution in [0.3, 0.4) is 0 Å². The standard InChI is InChI=1S/C15H28N4O2S2/c1-18-14(16-11-5-3-2-4-6-11)22-23-15(18)17-12-7-9-13(10-8-12)19(20)21/h11-14,16,19-20H,2-10H2,1H3/p+2. The Balaban J connectivity index is 1.49. The summed E-state index contributed by atoms with van der Waals surface area (Å²) in [6, 6.07) is 0.994. The minimum Gasteiger partial charge on any atom is -0.600 e. The van der Waals surface area contributed by atoms with Crippen LogP contribution in [-0.4, -0.2) is 41.0 Å². The van der Waals surface area contributed by atoms with Crippen molar-refractivity contribution in [2.24, 2.45) is 0 Å². The van der Waals surface area contributed by atoms with Gasteiger partial charge in [0.2, 0.25) is 5.50 Å². The molecule has 132 valence electrons. The number of rotatable bonds is 4. The molecule has 3 rings (SSSR count). The Kier molecular flexibility index (Phi) is 6.65. The predicted molar refractivity (Wildman–Crippen MR) is 94.0 cm³/mol. The fraction of sp³-hybridized carbons (Fsp3) is 0.933. The second-order valence-corrected chi connectivity index (χ2v) is 9.42. The van der Waals surface area contributed by atoms with Gasteiger partial charge in [0.15, 0.2) is 6.04 Å². The van der Waals surface area contributed by atoms with Gasteiger partial charge in [-0.15, -0.1) is 0 Å². The zero-order valence-electron chi connectivity index (χ0n) is 13.8. The lowest BCUT2D eigenvalue weighted by Crippen LogP contribution is -3.20. The van der Waals surface area contributed by atoms with Crippen LogP contribution in [0.5, 0.6) is 0 Å². The lowest BCUT2D eigenvalue weighted by Gasteiger charge is -2.28. The highest BCUT2D eigenvalue weighted by Gasteiger charge is 2.41. The lowest BCUT2D eigenvalue weighted by molar-refractivity contribution is -1.07. The first kappa shape index (κ1) is 18.0. The van der Waals surface area contributed by atoms with Crippen molar-refractivity contribution in [3.8, 4) is 0 Å². The number of hydroxylamine groups is 2. The van der Waals surface area contributed by atoms with Gasteiger partial charge in [0.05, 0.1) is 17.8 Å². The molecule has 3 aliphatic rings. The van der Waals surface area contributed by atoms with E-state index in [1.807, 2.05) is 21.6 Å². The molecule has 1 saturated heterocycles. The summed E-state index contributed by atoms with van der Waals surface area (Å²) in [5.41, 5.74) is 0.431. The molecule has 0 radical (unpaired) electrons. The van der Waals surface area contributed by atoms with Crippen LogP contribution in [0.25, 0.3) is 0 Å². The summed E-state index contributed by atoms with van der Waals surface area (Å²) in [5.74, 6) is 0. The Labute approximate surface area is 146 Å². The SMILES string of the molecule is C[NH+]1C(=[NH+]C2CCC([NH+]([O-])O)CC2)SSC1NC1CCCCC1. The van der Waals surface area contributed by atoms with Crippen LogP contribution in [0.1, 0.15) is 57.8 Å². The van der Waals surface area contributed by atoms with Crippen LogP contribution < -0.4 is 20.4 Å². The molecule has 5 N–H and O–H groups in total. The summed E-state index contributed by atoms with van der Waals surface area (Å²) in [6.07, 6.45) is 10.3. The van der Waals surface area contributed by atoms with Crippen molar-refractivity contribution < 1.29 is 20.3 Å². The fourth-order valence-corrected chi connectivity index (χ4v) is 6.75. The molecular formula is C15H30N4O2S2+2. The minimum absolute atomic E-state index is 0.130. The number of quaternary nitrogens is 2. The summed E-state index contributed by atoms with van der Waals surface area (Å²) in [7, 11) is 6.01. The molecule has 23 heavy (non-hydrogen) atoms. The van der Waals surface area contributed by atoms with Crippen molar-refractivity contribution in [1.29, 1.82) is 0 Å². The zero-order valence-corrected chi connectivity index (χ0v) is 15.5. The van der Waals surface area contributed by atoms with Gasteiger partial charge >= 0.3 is 5.17 Å². The summed E-state index contributed by atoms with van der Waals surface area (Å²) >= 11 is 0. The highest BCUT2D eigenvalue weighted by Crippen LogP contribution is 2.28. The van der Waals surface area contributed by atoms with E-state index in [2.05, 4.69) is 17.4 Å². The number of nitrogens with one attached hydrogen (secondary N) is 4. The Morgan fingerprint density at radius 3 is 2.52 bits per heavy atom. The molecule has 0 aromatic rings. The molecule has 1 heterocycles. The van der Waals surface area contributed by atoms with E-state index in [9.17, 15) is 5.21 Å². The first-order valence-electron chi connectivity index (χ1n) is 8.93. The van der Waals surface area contributed by atoms with E-state index in [4.69, 9.17) is 5.21 Å². The van der Waals surface area contributed by atoms with E-state index in [-0.39, 0.29) is 6.04 Å². The Hall–Kier alpha value is 0.170. The lowest BCUT2D eigenvalue weighted by atomic mass is 9.92. The average Bonchev–Trinajstić information content (AvgIpc) is 2.90. The first-order chi connectivity index (χ1) is 11.1. The molecule has 2 saturated carbocycles. The van der Waals surface area contributed by atoms with Gasteiger partial charge in [-0.05, 0) is 12.8 Å². The molecule has 3 unspecified atom stereocenters. The molecule has 1 aliphatic heterocycles. The third-order valence-corrected chi connectivity index (χ3v) is 8.13. The molecule has 6 nitrogen and oxygen atoms in total. The molecular weight excluding hydrogens is 332 g/mol. The van der Waals surface area contributed by atoms with Gasteiger partial charge in [0.25, 0.3) is 0 Å². The monoisotopic (exact) mass is 362 g/mol. The highest BCUT2D eigenvalue weighted by atomic mass is 33.1. The molecule has 0 spiro atoms. The van der Waals surface area contributed by atoms with Crippen molar-refractivity contribution in [2.45, 2.75) is 81.4 Å². The second kappa shape index (κ2) is 8.51. The van der Waals surface area contributed by atoms with Gasteiger partial charge in [-0.1, -0.05) is 19.3 Å². The van der Waals surface area contributed by atoms with E-state index in [1.165, 1.54) is 42.2 Å². The maximum Gasteiger partial charge on any atom is 0.410 e. The molecule has 8 heteroatoms. The Bertz CT molecular complexity index is 410. The quantitative estimate of drug-likeness (QED) is 0.315. The summed E-state index contributed by atoms with van der Waals surface area (Å²) in [5, 5.41) is 24.6. The van der Waals surface area contributed by atoms with Crippen LogP contribution in [0, 0.1) is 5.21 Å². The topological polar surface area (TPSA) is 78.2 Å². The zero-order chi connectivity index (χ0) is 16.2. The molecule has 0 bridgehead atoms. The van der Waals surface area contributed by atoms with Gasteiger partial charge in [0, 0.05) is 42.5 Å². The number of hydrogen-bond donors (Lipinski definition) is 5. The fourth-order valence-electron chi connectivity index (χ4n) is 3.80. The maximum atomic E-state index is 11.0. The van der Waals surface area contributed by atoms with Crippen LogP contribution in [0.4, 0.5) is 0 Å². The maximum absolute atomic E-state index is 11.0. The van der Waals surface area contributed by atoms with Crippen molar-refractivity contribution in [2.75, 3.05) is 7.05 Å². The normalized spacial score (nSPS) is 39.7. The van der Waals surface area contributed by atoms with Gasteiger partial charge in [-0.3, -0.25) is 5.32 Å². The molecule has 0 aromatic carbocycles. The summed E-state index contributed by atoms with van der Waals surface area (Å²) in [4.78, 5) is 5.11. The van der Waals surface area contributed by atoms with Crippen LogP contribution in [0.15, 0.2) is 0 Å². The molecule has 3 fully saturated rings. The van der Waals surface area contributed by atoms with Crippen molar-refractivity contribution >= 4 is 26.8 Å².